The van der Waals surface area contributed by atoms with Crippen LogP contribution in [0.15, 0.2) is 54.6 Å². The number of carboxylic acids is 1. The van der Waals surface area contributed by atoms with Crippen LogP contribution in [0.2, 0.25) is 0 Å². The van der Waals surface area contributed by atoms with E-state index in [-0.39, 0.29) is 24.3 Å². The molecule has 0 spiro atoms. The van der Waals surface area contributed by atoms with E-state index < -0.39 is 54.0 Å². The van der Waals surface area contributed by atoms with Crippen LogP contribution < -0.4 is 21.7 Å². The Balaban J connectivity index is 2.14. The molecular weight excluding hydrogens is 500 g/mol. The number of hydrogen-bond acceptors (Lipinski definition) is 8. The van der Waals surface area contributed by atoms with Gasteiger partial charge in [0.15, 0.2) is 6.04 Å². The molecule has 0 saturated carbocycles. The first-order valence-electron chi connectivity index (χ1n) is 11.5. The van der Waals surface area contributed by atoms with E-state index in [1.807, 2.05) is 30.3 Å². The highest BCUT2D eigenvalue weighted by molar-refractivity contribution is 7.80. The fourth-order valence-corrected chi connectivity index (χ4v) is 3.68. The molecule has 8 N–H and O–H groups in total. The number of aliphatic carboxylic acids is 1. The fourth-order valence-electron chi connectivity index (χ4n) is 3.43. The maximum atomic E-state index is 13.0. The van der Waals surface area contributed by atoms with Crippen molar-refractivity contribution in [3.05, 3.63) is 65.7 Å². The molecule has 0 aromatic heterocycles. The summed E-state index contributed by atoms with van der Waals surface area (Å²) in [4.78, 5) is 50.0. The van der Waals surface area contributed by atoms with Gasteiger partial charge in [0, 0.05) is 12.2 Å². The maximum absolute atomic E-state index is 13.0. The molecule has 11 nitrogen and oxygen atoms in total. The fraction of sp³-hybridized carbons (Fsp3) is 0.360. The standard InChI is InChI=1S/C25H32N4O7S/c1-14(30)21(25(35)36)29-23(33)19(12-16-7-9-17(31)10-8-16)27-24(34)20(13-37)28-22(32)18(26)11-15-5-3-2-4-6-15/h2-10,14,18-21,30-31,37H,11-13,26H2,1H3,(H,27,34)(H,28,32)(H,29,33)(H,35,36). The van der Waals surface area contributed by atoms with Gasteiger partial charge in [0.25, 0.3) is 0 Å². The third-order valence-electron chi connectivity index (χ3n) is 5.51. The molecule has 12 heteroatoms. The van der Waals surface area contributed by atoms with Crippen LogP contribution in [0.1, 0.15) is 18.1 Å². The third kappa shape index (κ3) is 9.41. The van der Waals surface area contributed by atoms with Crippen LogP contribution in [-0.4, -0.2) is 75.0 Å². The van der Waals surface area contributed by atoms with Gasteiger partial charge in [-0.1, -0.05) is 42.5 Å². The number of nitrogens with one attached hydrogen (secondary N) is 3. The number of benzene rings is 2. The molecule has 0 bridgehead atoms. The Morgan fingerprint density at radius 1 is 0.838 bits per heavy atom. The van der Waals surface area contributed by atoms with Gasteiger partial charge in [0.1, 0.15) is 17.8 Å². The SMILES string of the molecule is CC(O)C(NC(=O)C(Cc1ccc(O)cc1)NC(=O)C(CS)NC(=O)C(N)Cc1ccccc1)C(=O)O. The smallest absolute Gasteiger partial charge is 0.328 e. The Kier molecular flexibility index (Phi) is 11.4. The van der Waals surface area contributed by atoms with E-state index in [9.17, 15) is 34.5 Å². The first-order valence-corrected chi connectivity index (χ1v) is 12.1. The summed E-state index contributed by atoms with van der Waals surface area (Å²) in [6.45, 7) is 1.21. The van der Waals surface area contributed by atoms with Crippen LogP contribution in [0.25, 0.3) is 0 Å². The highest BCUT2D eigenvalue weighted by atomic mass is 32.1. The van der Waals surface area contributed by atoms with E-state index in [1.54, 1.807) is 0 Å². The zero-order valence-corrected chi connectivity index (χ0v) is 21.1. The van der Waals surface area contributed by atoms with E-state index in [4.69, 9.17) is 5.73 Å². The van der Waals surface area contributed by atoms with Crippen LogP contribution in [-0.2, 0) is 32.0 Å². The molecular formula is C25H32N4O7S. The molecule has 3 amide bonds. The van der Waals surface area contributed by atoms with Crippen molar-refractivity contribution in [2.75, 3.05) is 5.75 Å². The van der Waals surface area contributed by atoms with E-state index in [0.717, 1.165) is 5.56 Å². The number of aliphatic hydroxyl groups excluding tert-OH is 1. The first-order chi connectivity index (χ1) is 17.5. The number of rotatable bonds is 13. The number of carbonyl (C=O) groups is 4. The van der Waals surface area contributed by atoms with Crippen LogP contribution in [0.5, 0.6) is 5.75 Å². The summed E-state index contributed by atoms with van der Waals surface area (Å²) in [5.74, 6) is -3.74. The zero-order chi connectivity index (χ0) is 27.5. The second-order valence-electron chi connectivity index (χ2n) is 8.54. The summed E-state index contributed by atoms with van der Waals surface area (Å²) < 4.78 is 0. The predicted molar refractivity (Wildman–Crippen MR) is 139 cm³/mol. The molecule has 0 aliphatic carbocycles. The third-order valence-corrected chi connectivity index (χ3v) is 5.87. The number of nitrogens with two attached hydrogens (primary N) is 1. The zero-order valence-electron chi connectivity index (χ0n) is 20.2. The van der Waals surface area contributed by atoms with Gasteiger partial charge in [-0.15, -0.1) is 0 Å². The Bertz CT molecular complexity index is 1070. The summed E-state index contributed by atoms with van der Waals surface area (Å²) in [5.41, 5.74) is 7.39. The average Bonchev–Trinajstić information content (AvgIpc) is 2.86. The molecule has 2 aromatic rings. The lowest BCUT2D eigenvalue weighted by Crippen LogP contribution is -2.59. The number of hydrogen-bond donors (Lipinski definition) is 8. The normalized spacial score (nSPS) is 14.9. The Morgan fingerprint density at radius 3 is 1.92 bits per heavy atom. The van der Waals surface area contributed by atoms with Gasteiger partial charge in [-0.05, 0) is 36.6 Å². The summed E-state index contributed by atoms with van der Waals surface area (Å²) in [6, 6.07) is 10.0. The largest absolute Gasteiger partial charge is 0.508 e. The Hall–Kier alpha value is -3.61. The molecule has 0 fully saturated rings. The number of aliphatic hydroxyl groups is 1. The summed E-state index contributed by atoms with van der Waals surface area (Å²) >= 11 is 4.14. The molecule has 200 valence electrons. The van der Waals surface area contributed by atoms with Crippen molar-refractivity contribution in [3.8, 4) is 5.75 Å². The molecule has 2 rings (SSSR count). The van der Waals surface area contributed by atoms with Crippen LogP contribution in [0.3, 0.4) is 0 Å². The number of phenols is 1. The lowest BCUT2D eigenvalue weighted by Gasteiger charge is -2.25. The molecule has 5 atom stereocenters. The van der Waals surface area contributed by atoms with E-state index in [2.05, 4.69) is 28.6 Å². The average molecular weight is 533 g/mol. The number of aromatic hydroxyl groups is 1. The molecule has 2 aromatic carbocycles. The van der Waals surface area contributed by atoms with Crippen molar-refractivity contribution in [1.82, 2.24) is 16.0 Å². The molecule has 0 aliphatic heterocycles. The summed E-state index contributed by atoms with van der Waals surface area (Å²) in [6.07, 6.45) is -1.22. The molecule has 0 radical (unpaired) electrons. The van der Waals surface area contributed by atoms with Crippen molar-refractivity contribution in [1.29, 1.82) is 0 Å². The minimum atomic E-state index is -1.61. The van der Waals surface area contributed by atoms with Crippen LogP contribution in [0, 0.1) is 0 Å². The number of carboxylic acid groups (broad SMARTS) is 1. The van der Waals surface area contributed by atoms with Gasteiger partial charge in [-0.3, -0.25) is 14.4 Å². The second-order valence-corrected chi connectivity index (χ2v) is 8.90. The Labute approximate surface area is 219 Å². The minimum absolute atomic E-state index is 0.00137. The van der Waals surface area contributed by atoms with Gasteiger partial charge in [0.2, 0.25) is 17.7 Å². The van der Waals surface area contributed by atoms with E-state index in [1.165, 1.54) is 31.2 Å². The number of thiol groups is 1. The highest BCUT2D eigenvalue weighted by Gasteiger charge is 2.31. The van der Waals surface area contributed by atoms with Gasteiger partial charge in [0.05, 0.1) is 12.1 Å². The number of phenolic OH excluding ortho intramolecular Hbond substituents is 1. The monoisotopic (exact) mass is 532 g/mol. The van der Waals surface area contributed by atoms with Crippen LogP contribution in [0.4, 0.5) is 0 Å². The van der Waals surface area contributed by atoms with Gasteiger partial charge in [-0.2, -0.15) is 12.6 Å². The number of amides is 3. The van der Waals surface area contributed by atoms with Crippen molar-refractivity contribution in [3.63, 3.8) is 0 Å². The number of carbonyl (C=O) groups excluding carboxylic acids is 3. The van der Waals surface area contributed by atoms with Crippen molar-refractivity contribution >= 4 is 36.3 Å². The molecule has 0 saturated heterocycles. The molecule has 0 heterocycles. The predicted octanol–water partition coefficient (Wildman–Crippen LogP) is -0.646. The summed E-state index contributed by atoms with van der Waals surface area (Å²) in [7, 11) is 0. The maximum Gasteiger partial charge on any atom is 0.328 e. The Morgan fingerprint density at radius 2 is 1.38 bits per heavy atom. The second kappa shape index (κ2) is 14.2. The van der Waals surface area contributed by atoms with Gasteiger partial charge < -0.3 is 37.0 Å². The van der Waals surface area contributed by atoms with Gasteiger partial charge in [-0.25, -0.2) is 4.79 Å². The molecule has 5 unspecified atom stereocenters. The highest BCUT2D eigenvalue weighted by Crippen LogP contribution is 2.12. The first kappa shape index (κ1) is 29.6. The lowest BCUT2D eigenvalue weighted by atomic mass is 10.0. The van der Waals surface area contributed by atoms with Gasteiger partial charge >= 0.3 is 5.97 Å². The minimum Gasteiger partial charge on any atom is -0.508 e. The molecule has 37 heavy (non-hydrogen) atoms. The van der Waals surface area contributed by atoms with E-state index >= 15 is 0 Å². The van der Waals surface area contributed by atoms with Crippen molar-refractivity contribution < 1.29 is 34.5 Å². The molecule has 0 aliphatic rings. The summed E-state index contributed by atoms with van der Waals surface area (Å²) in [5, 5.41) is 35.8. The quantitative estimate of drug-likeness (QED) is 0.156. The topological polar surface area (TPSA) is 191 Å². The van der Waals surface area contributed by atoms with E-state index in [0.29, 0.717) is 5.56 Å². The van der Waals surface area contributed by atoms with Crippen LogP contribution >= 0.6 is 12.6 Å². The van der Waals surface area contributed by atoms with Crippen molar-refractivity contribution in [2.45, 2.75) is 50.0 Å². The lowest BCUT2D eigenvalue weighted by molar-refractivity contribution is -0.145. The van der Waals surface area contributed by atoms with Crippen molar-refractivity contribution in [2.24, 2.45) is 5.73 Å².